The number of carbonyl (C=O) groups excluding carboxylic acids is 1. The van der Waals surface area contributed by atoms with E-state index in [-0.39, 0.29) is 11.9 Å². The molecule has 2 aromatic heterocycles. The van der Waals surface area contributed by atoms with Crippen molar-refractivity contribution in [3.63, 3.8) is 0 Å². The minimum absolute atomic E-state index is 0.115. The number of hydrogen-bond acceptors (Lipinski definition) is 3. The van der Waals surface area contributed by atoms with Crippen LogP contribution in [0.4, 0.5) is 0 Å². The van der Waals surface area contributed by atoms with E-state index in [1.54, 1.807) is 11.3 Å². The lowest BCUT2D eigenvalue weighted by Gasteiger charge is -2.24. The lowest BCUT2D eigenvalue weighted by Crippen LogP contribution is -2.41. The summed E-state index contributed by atoms with van der Waals surface area (Å²) in [4.78, 5) is 16.4. The van der Waals surface area contributed by atoms with Crippen LogP contribution in [-0.4, -0.2) is 21.5 Å². The summed E-state index contributed by atoms with van der Waals surface area (Å²) in [5.74, 6) is 1.25. The molecular formula is C14H17N3OS. The maximum absolute atomic E-state index is 12.0. The smallest absolute Gasteiger partial charge is 0.224 e. The van der Waals surface area contributed by atoms with Gasteiger partial charge in [-0.05, 0) is 35.7 Å². The van der Waals surface area contributed by atoms with Crippen LogP contribution >= 0.6 is 11.3 Å². The van der Waals surface area contributed by atoms with Crippen LogP contribution < -0.4 is 5.32 Å². The average Bonchev–Trinajstić information content (AvgIpc) is 2.96. The zero-order valence-electron chi connectivity index (χ0n) is 10.9. The fourth-order valence-corrected chi connectivity index (χ4v) is 3.23. The number of nitrogens with one attached hydrogen (secondary N) is 1. The summed E-state index contributed by atoms with van der Waals surface area (Å²) in [5.41, 5.74) is 2.15. The van der Waals surface area contributed by atoms with Gasteiger partial charge in [-0.3, -0.25) is 4.79 Å². The highest BCUT2D eigenvalue weighted by molar-refractivity contribution is 7.07. The normalized spacial score (nSPS) is 18.1. The minimum atomic E-state index is 0.115. The zero-order chi connectivity index (χ0) is 13.2. The molecule has 0 radical (unpaired) electrons. The lowest BCUT2D eigenvalue weighted by atomic mass is 10.1. The predicted octanol–water partition coefficient (Wildman–Crippen LogP) is 1.93. The number of aryl methyl sites for hydroxylation is 2. The third kappa shape index (κ3) is 2.87. The van der Waals surface area contributed by atoms with Gasteiger partial charge in [0.2, 0.25) is 5.91 Å². The van der Waals surface area contributed by atoms with E-state index in [1.165, 1.54) is 0 Å². The van der Waals surface area contributed by atoms with Gasteiger partial charge < -0.3 is 9.88 Å². The first-order valence-electron chi connectivity index (χ1n) is 6.54. The molecule has 5 heteroatoms. The molecule has 2 aromatic rings. The summed E-state index contributed by atoms with van der Waals surface area (Å²) in [6.07, 6.45) is 4.46. The largest absolute Gasteiger partial charge is 0.351 e. The molecule has 1 aliphatic heterocycles. The fraction of sp³-hybridized carbons (Fsp3) is 0.429. The standard InChI is InChI=1S/C14H17N3OS/c1-10-7-17-8-12(2-3-13(17)15-10)16-14(18)6-11-4-5-19-9-11/h4-5,7,9,12H,2-3,6,8H2,1H3,(H,16,18). The number of hydrogen-bond donors (Lipinski definition) is 1. The Morgan fingerprint density at radius 1 is 1.63 bits per heavy atom. The van der Waals surface area contributed by atoms with E-state index in [0.29, 0.717) is 6.42 Å². The zero-order valence-corrected chi connectivity index (χ0v) is 11.7. The Morgan fingerprint density at radius 2 is 2.53 bits per heavy atom. The average molecular weight is 275 g/mol. The maximum atomic E-state index is 12.0. The number of amides is 1. The maximum Gasteiger partial charge on any atom is 0.224 e. The van der Waals surface area contributed by atoms with Crippen molar-refractivity contribution in [3.05, 3.63) is 40.1 Å². The predicted molar refractivity (Wildman–Crippen MR) is 75.2 cm³/mol. The topological polar surface area (TPSA) is 46.9 Å². The van der Waals surface area contributed by atoms with Crippen molar-refractivity contribution in [3.8, 4) is 0 Å². The Labute approximate surface area is 116 Å². The third-order valence-corrected chi connectivity index (χ3v) is 4.16. The van der Waals surface area contributed by atoms with Crippen molar-refractivity contribution >= 4 is 17.2 Å². The van der Waals surface area contributed by atoms with Crippen LogP contribution in [-0.2, 0) is 24.2 Å². The molecule has 0 saturated carbocycles. The molecule has 1 amide bonds. The van der Waals surface area contributed by atoms with Gasteiger partial charge in [-0.2, -0.15) is 11.3 Å². The fourth-order valence-electron chi connectivity index (χ4n) is 2.56. The third-order valence-electron chi connectivity index (χ3n) is 3.42. The van der Waals surface area contributed by atoms with Crippen LogP contribution in [0.5, 0.6) is 0 Å². The second-order valence-corrected chi connectivity index (χ2v) is 5.84. The molecule has 0 spiro atoms. The van der Waals surface area contributed by atoms with Gasteiger partial charge >= 0.3 is 0 Å². The van der Waals surface area contributed by atoms with Gasteiger partial charge in [0.05, 0.1) is 12.1 Å². The Hall–Kier alpha value is -1.62. The molecule has 4 nitrogen and oxygen atoms in total. The van der Waals surface area contributed by atoms with Gasteiger partial charge in [-0.25, -0.2) is 4.98 Å². The number of fused-ring (bicyclic) bond motifs is 1. The summed E-state index contributed by atoms with van der Waals surface area (Å²) in [6, 6.07) is 2.23. The van der Waals surface area contributed by atoms with Crippen molar-refractivity contribution in [1.29, 1.82) is 0 Å². The number of carbonyl (C=O) groups is 1. The summed E-state index contributed by atoms with van der Waals surface area (Å²) >= 11 is 1.63. The molecule has 100 valence electrons. The molecule has 1 atom stereocenters. The van der Waals surface area contributed by atoms with Gasteiger partial charge in [-0.1, -0.05) is 0 Å². The van der Waals surface area contributed by atoms with E-state index in [9.17, 15) is 4.79 Å². The van der Waals surface area contributed by atoms with E-state index in [2.05, 4.69) is 21.1 Å². The highest BCUT2D eigenvalue weighted by Gasteiger charge is 2.21. The molecule has 1 unspecified atom stereocenters. The first-order valence-corrected chi connectivity index (χ1v) is 7.48. The quantitative estimate of drug-likeness (QED) is 0.930. The highest BCUT2D eigenvalue weighted by Crippen LogP contribution is 2.15. The summed E-state index contributed by atoms with van der Waals surface area (Å²) in [5, 5.41) is 7.15. The molecule has 3 rings (SSSR count). The second-order valence-electron chi connectivity index (χ2n) is 5.06. The highest BCUT2D eigenvalue weighted by atomic mass is 32.1. The molecule has 0 aliphatic carbocycles. The van der Waals surface area contributed by atoms with Crippen LogP contribution in [0.15, 0.2) is 23.0 Å². The monoisotopic (exact) mass is 275 g/mol. The Kier molecular flexibility index (Phi) is 3.38. The van der Waals surface area contributed by atoms with Crippen molar-refractivity contribution in [2.24, 2.45) is 0 Å². The molecule has 0 saturated heterocycles. The van der Waals surface area contributed by atoms with Crippen molar-refractivity contribution in [2.45, 2.75) is 38.8 Å². The van der Waals surface area contributed by atoms with Crippen molar-refractivity contribution in [1.82, 2.24) is 14.9 Å². The molecule has 0 fully saturated rings. The van der Waals surface area contributed by atoms with Crippen molar-refractivity contribution < 1.29 is 4.79 Å². The molecule has 19 heavy (non-hydrogen) atoms. The van der Waals surface area contributed by atoms with Crippen LogP contribution in [0, 0.1) is 6.92 Å². The molecule has 3 heterocycles. The summed E-state index contributed by atoms with van der Waals surface area (Å²) in [6.45, 7) is 2.85. The molecule has 0 bridgehead atoms. The van der Waals surface area contributed by atoms with Crippen molar-refractivity contribution in [2.75, 3.05) is 0 Å². The van der Waals surface area contributed by atoms with Gasteiger partial charge in [-0.15, -0.1) is 0 Å². The number of nitrogens with zero attached hydrogens (tertiary/aromatic N) is 2. The lowest BCUT2D eigenvalue weighted by molar-refractivity contribution is -0.121. The van der Waals surface area contributed by atoms with Crippen LogP contribution in [0.1, 0.15) is 23.5 Å². The minimum Gasteiger partial charge on any atom is -0.351 e. The van der Waals surface area contributed by atoms with Gasteiger partial charge in [0.1, 0.15) is 5.82 Å². The van der Waals surface area contributed by atoms with Crippen LogP contribution in [0.25, 0.3) is 0 Å². The first kappa shape index (κ1) is 12.4. The van der Waals surface area contributed by atoms with Gasteiger partial charge in [0, 0.05) is 25.2 Å². The van der Waals surface area contributed by atoms with E-state index in [1.807, 2.05) is 23.8 Å². The second kappa shape index (κ2) is 5.17. The van der Waals surface area contributed by atoms with Gasteiger partial charge in [0.25, 0.3) is 0 Å². The number of imidazole rings is 1. The van der Waals surface area contributed by atoms with Crippen LogP contribution in [0.3, 0.4) is 0 Å². The Morgan fingerprint density at radius 3 is 3.32 bits per heavy atom. The van der Waals surface area contributed by atoms with E-state index in [4.69, 9.17) is 0 Å². The number of thiophene rings is 1. The number of aromatic nitrogens is 2. The van der Waals surface area contributed by atoms with E-state index < -0.39 is 0 Å². The summed E-state index contributed by atoms with van der Waals surface area (Å²) in [7, 11) is 0. The Balaban J connectivity index is 1.58. The molecular weight excluding hydrogens is 258 g/mol. The number of rotatable bonds is 3. The first-order chi connectivity index (χ1) is 9.20. The molecule has 1 N–H and O–H groups in total. The summed E-state index contributed by atoms with van der Waals surface area (Å²) < 4.78 is 2.16. The van der Waals surface area contributed by atoms with Gasteiger partial charge in [0.15, 0.2) is 0 Å². The Bertz CT molecular complexity index is 574. The van der Waals surface area contributed by atoms with Crippen LogP contribution in [0.2, 0.25) is 0 Å². The SMILES string of the molecule is Cc1cn2c(n1)CCC(NC(=O)Cc1ccsc1)C2. The molecule has 1 aliphatic rings. The molecule has 0 aromatic carbocycles. The van der Waals surface area contributed by atoms with E-state index in [0.717, 1.165) is 36.5 Å². The van der Waals surface area contributed by atoms with E-state index >= 15 is 0 Å².